The van der Waals surface area contributed by atoms with E-state index >= 15 is 0 Å². The van der Waals surface area contributed by atoms with Crippen LogP contribution in [-0.2, 0) is 17.9 Å². The van der Waals surface area contributed by atoms with E-state index in [4.69, 9.17) is 9.47 Å². The molecule has 0 bridgehead atoms. The second-order valence-corrected chi connectivity index (χ2v) is 8.26. The van der Waals surface area contributed by atoms with Gasteiger partial charge in [0.1, 0.15) is 12.4 Å². The van der Waals surface area contributed by atoms with Gasteiger partial charge in [-0.1, -0.05) is 24.3 Å². The molecule has 0 aliphatic carbocycles. The Balaban J connectivity index is 1.53. The number of fused-ring (bicyclic) bond motifs is 2. The molecule has 182 valence electrons. The smallest absolute Gasteiger partial charge is 0.332 e. The quantitative estimate of drug-likeness (QED) is 0.417. The molecule has 1 N–H and O–H groups in total. The summed E-state index contributed by atoms with van der Waals surface area (Å²) in [4.78, 5) is 51.7. The summed E-state index contributed by atoms with van der Waals surface area (Å²) in [6, 6.07) is 14.9. The van der Waals surface area contributed by atoms with Gasteiger partial charge in [-0.05, 0) is 42.8 Å². The number of aromatic nitrogens is 2. The van der Waals surface area contributed by atoms with E-state index in [1.165, 1.54) is 47.9 Å². The second kappa shape index (κ2) is 9.14. The lowest BCUT2D eigenvalue weighted by atomic mass is 10.1. The molecule has 0 unspecified atom stereocenters. The van der Waals surface area contributed by atoms with Crippen LogP contribution in [0.1, 0.15) is 22.8 Å². The van der Waals surface area contributed by atoms with Gasteiger partial charge >= 0.3 is 5.69 Å². The molecular weight excluding hydrogens is 469 g/mol. The number of benzene rings is 3. The summed E-state index contributed by atoms with van der Waals surface area (Å²) in [6.45, 7) is 0.841. The molecule has 0 spiro atoms. The number of carbonyl (C=O) groups excluding carboxylic acids is 2. The lowest BCUT2D eigenvalue weighted by molar-refractivity contribution is -0.116. The first-order valence-corrected chi connectivity index (χ1v) is 11.0. The number of ether oxygens (including phenoxy) is 2. The fourth-order valence-electron chi connectivity index (χ4n) is 4.11. The molecule has 0 saturated heterocycles. The van der Waals surface area contributed by atoms with Crippen LogP contribution in [-0.4, -0.2) is 27.6 Å². The maximum atomic E-state index is 13.4. The van der Waals surface area contributed by atoms with E-state index in [2.05, 4.69) is 5.32 Å². The van der Waals surface area contributed by atoms with Crippen LogP contribution in [0, 0.1) is 5.82 Å². The predicted octanol–water partition coefficient (Wildman–Crippen LogP) is 2.92. The van der Waals surface area contributed by atoms with Crippen LogP contribution in [0.5, 0.6) is 11.5 Å². The van der Waals surface area contributed by atoms with Crippen LogP contribution in [0.15, 0.2) is 70.3 Å². The fraction of sp³-hybridized carbons (Fsp3) is 0.154. The van der Waals surface area contributed by atoms with Crippen molar-refractivity contribution >= 4 is 28.3 Å². The van der Waals surface area contributed by atoms with E-state index in [1.807, 2.05) is 0 Å². The number of hydrogen-bond acceptors (Lipinski definition) is 6. The Hall–Kier alpha value is -4.73. The Morgan fingerprint density at radius 2 is 1.67 bits per heavy atom. The van der Waals surface area contributed by atoms with E-state index < -0.39 is 29.5 Å². The summed E-state index contributed by atoms with van der Waals surface area (Å²) in [5.41, 5.74) is 0.0607. The summed E-state index contributed by atoms with van der Waals surface area (Å²) >= 11 is 0. The minimum Gasteiger partial charge on any atom is -0.454 e. The summed E-state index contributed by atoms with van der Waals surface area (Å²) < 4.78 is 26.2. The van der Waals surface area contributed by atoms with Crippen LogP contribution in [0.2, 0.25) is 0 Å². The van der Waals surface area contributed by atoms with Gasteiger partial charge in [-0.3, -0.25) is 23.5 Å². The number of anilines is 1. The zero-order valence-electron chi connectivity index (χ0n) is 19.1. The van der Waals surface area contributed by atoms with E-state index in [1.54, 1.807) is 24.3 Å². The van der Waals surface area contributed by atoms with Crippen molar-refractivity contribution in [1.29, 1.82) is 0 Å². The van der Waals surface area contributed by atoms with Crippen LogP contribution in [0.3, 0.4) is 0 Å². The largest absolute Gasteiger partial charge is 0.454 e. The van der Waals surface area contributed by atoms with Crippen molar-refractivity contribution in [3.8, 4) is 11.5 Å². The lowest BCUT2D eigenvalue weighted by Gasteiger charge is -2.15. The highest BCUT2D eigenvalue weighted by molar-refractivity contribution is 6.04. The number of para-hydroxylation sites is 1. The number of hydrogen-bond donors (Lipinski definition) is 1. The van der Waals surface area contributed by atoms with Gasteiger partial charge in [0.2, 0.25) is 12.7 Å². The maximum absolute atomic E-state index is 13.4. The van der Waals surface area contributed by atoms with Gasteiger partial charge in [0.25, 0.3) is 5.56 Å². The van der Waals surface area contributed by atoms with E-state index in [-0.39, 0.29) is 41.3 Å². The first-order valence-electron chi connectivity index (χ1n) is 11.0. The van der Waals surface area contributed by atoms with Crippen molar-refractivity contribution in [1.82, 2.24) is 9.13 Å². The molecule has 3 aromatic carbocycles. The molecule has 5 rings (SSSR count). The zero-order chi connectivity index (χ0) is 25.4. The van der Waals surface area contributed by atoms with Crippen molar-refractivity contribution < 1.29 is 23.5 Å². The standard InChI is InChI=1S/C26H20FN3O6/c1-15(31)19-10-22-23(36-14-35-22)11-20(19)28-24(32)13-29-21-5-3-2-4-18(21)25(33)30(26(29)34)12-16-6-8-17(27)9-7-16/h2-11H,12-14H2,1H3,(H,28,32). The number of ketones is 1. The lowest BCUT2D eigenvalue weighted by Crippen LogP contribution is -2.42. The number of rotatable bonds is 6. The molecule has 1 aliphatic rings. The van der Waals surface area contributed by atoms with Gasteiger partial charge < -0.3 is 14.8 Å². The van der Waals surface area contributed by atoms with Crippen LogP contribution < -0.4 is 26.0 Å². The summed E-state index contributed by atoms with van der Waals surface area (Å²) in [5.74, 6) is -0.541. The Labute approximate surface area is 203 Å². The molecule has 1 aromatic heterocycles. The van der Waals surface area contributed by atoms with Gasteiger partial charge in [-0.25, -0.2) is 9.18 Å². The molecule has 0 atom stereocenters. The van der Waals surface area contributed by atoms with Gasteiger partial charge in [0.15, 0.2) is 17.3 Å². The third kappa shape index (κ3) is 4.24. The molecule has 1 aliphatic heterocycles. The average molecular weight is 489 g/mol. The highest BCUT2D eigenvalue weighted by Gasteiger charge is 2.21. The molecule has 10 heteroatoms. The topological polar surface area (TPSA) is 109 Å². The normalized spacial score (nSPS) is 12.1. The maximum Gasteiger partial charge on any atom is 0.332 e. The Bertz CT molecular complexity index is 1640. The molecule has 0 fully saturated rings. The highest BCUT2D eigenvalue weighted by atomic mass is 19.1. The van der Waals surface area contributed by atoms with Crippen molar-refractivity contribution in [3.05, 3.63) is 98.4 Å². The predicted molar refractivity (Wildman–Crippen MR) is 129 cm³/mol. The van der Waals surface area contributed by atoms with Crippen LogP contribution in [0.25, 0.3) is 10.9 Å². The number of nitrogens with zero attached hydrogens (tertiary/aromatic N) is 2. The summed E-state index contributed by atoms with van der Waals surface area (Å²) in [7, 11) is 0. The average Bonchev–Trinajstić information content (AvgIpc) is 3.32. The zero-order valence-corrected chi connectivity index (χ0v) is 19.1. The third-order valence-electron chi connectivity index (χ3n) is 5.85. The van der Waals surface area contributed by atoms with E-state index in [9.17, 15) is 23.6 Å². The SMILES string of the molecule is CC(=O)c1cc2c(cc1NC(=O)Cn1c(=O)n(Cc3ccc(F)cc3)c(=O)c3ccccc31)OCO2. The minimum absolute atomic E-state index is 0.00105. The molecule has 36 heavy (non-hydrogen) atoms. The number of halogens is 1. The summed E-state index contributed by atoms with van der Waals surface area (Å²) in [6.07, 6.45) is 0. The van der Waals surface area contributed by atoms with Gasteiger partial charge in [-0.15, -0.1) is 0 Å². The minimum atomic E-state index is -0.698. The molecule has 4 aromatic rings. The van der Waals surface area contributed by atoms with Gasteiger partial charge in [-0.2, -0.15) is 0 Å². The monoisotopic (exact) mass is 489 g/mol. The van der Waals surface area contributed by atoms with Crippen molar-refractivity contribution in [2.45, 2.75) is 20.0 Å². The van der Waals surface area contributed by atoms with Gasteiger partial charge in [0.05, 0.1) is 23.1 Å². The number of carbonyl (C=O) groups is 2. The van der Waals surface area contributed by atoms with Crippen molar-refractivity contribution in [3.63, 3.8) is 0 Å². The van der Waals surface area contributed by atoms with E-state index in [0.29, 0.717) is 17.1 Å². The van der Waals surface area contributed by atoms with Crippen LogP contribution >= 0.6 is 0 Å². The number of Topliss-reactive ketones (excluding diaryl/α,β-unsaturated/α-hetero) is 1. The molecule has 2 heterocycles. The Morgan fingerprint density at radius 1 is 0.972 bits per heavy atom. The number of nitrogens with one attached hydrogen (secondary N) is 1. The summed E-state index contributed by atoms with van der Waals surface area (Å²) in [5, 5.41) is 2.92. The fourth-order valence-corrected chi connectivity index (χ4v) is 4.11. The first-order chi connectivity index (χ1) is 17.3. The second-order valence-electron chi connectivity index (χ2n) is 8.26. The van der Waals surface area contributed by atoms with Gasteiger partial charge in [0, 0.05) is 11.6 Å². The number of amides is 1. The van der Waals surface area contributed by atoms with Crippen molar-refractivity contribution in [2.75, 3.05) is 12.1 Å². The molecule has 9 nitrogen and oxygen atoms in total. The molecule has 0 saturated carbocycles. The van der Waals surface area contributed by atoms with E-state index in [0.717, 1.165) is 4.57 Å². The molecule has 0 radical (unpaired) electrons. The van der Waals surface area contributed by atoms with Crippen LogP contribution in [0.4, 0.5) is 10.1 Å². The Morgan fingerprint density at radius 3 is 2.39 bits per heavy atom. The molecular formula is C26H20FN3O6. The highest BCUT2D eigenvalue weighted by Crippen LogP contribution is 2.37. The first kappa shape index (κ1) is 23.0. The Kier molecular flexibility index (Phi) is 5.85. The van der Waals surface area contributed by atoms with Crippen molar-refractivity contribution in [2.24, 2.45) is 0 Å². The molecule has 1 amide bonds. The third-order valence-corrected chi connectivity index (χ3v) is 5.85.